The van der Waals surface area contributed by atoms with E-state index in [1.54, 1.807) is 0 Å². The molecule has 0 fully saturated rings. The number of nitrogens with two attached hydrogens (primary N) is 1. The minimum absolute atomic E-state index is 0.00637. The maximum atomic E-state index is 11.2. The molecule has 2 atom stereocenters. The van der Waals surface area contributed by atoms with Gasteiger partial charge in [0.25, 0.3) is 0 Å². The molecule has 98 valence electrons. The van der Waals surface area contributed by atoms with Crippen LogP contribution in [0.25, 0.3) is 0 Å². The number of carboxylic acid groups (broad SMARTS) is 2. The van der Waals surface area contributed by atoms with Crippen LogP contribution in [0, 0.1) is 0 Å². The summed E-state index contributed by atoms with van der Waals surface area (Å²) in [7, 11) is 0. The summed E-state index contributed by atoms with van der Waals surface area (Å²) in [5.41, 5.74) is 5.30. The predicted molar refractivity (Wildman–Crippen MR) is 59.3 cm³/mol. The van der Waals surface area contributed by atoms with Crippen molar-refractivity contribution < 1.29 is 24.6 Å². The van der Waals surface area contributed by atoms with Crippen LogP contribution in [0.1, 0.15) is 32.6 Å². The van der Waals surface area contributed by atoms with E-state index in [0.29, 0.717) is 12.8 Å². The third-order valence-corrected chi connectivity index (χ3v) is 2.16. The van der Waals surface area contributed by atoms with E-state index in [9.17, 15) is 14.4 Å². The number of unbranched alkanes of at least 4 members (excludes halogenated alkanes) is 1. The Morgan fingerprint density at radius 1 is 1.24 bits per heavy atom. The van der Waals surface area contributed by atoms with Crippen LogP contribution in [0.3, 0.4) is 0 Å². The van der Waals surface area contributed by atoms with E-state index in [4.69, 9.17) is 15.9 Å². The standard InChI is InChI=1S/C10H18N2O5/c1-6(11)9(15)12-7(10(16)17)4-2-3-5-8(13)14/h6-7H,2-5,11H2,1H3,(H,12,15)(H,13,14)(H,16,17). The number of carboxylic acids is 2. The van der Waals surface area contributed by atoms with E-state index in [1.807, 2.05) is 0 Å². The average molecular weight is 246 g/mol. The number of rotatable bonds is 8. The van der Waals surface area contributed by atoms with Crippen molar-refractivity contribution >= 4 is 17.8 Å². The smallest absolute Gasteiger partial charge is 0.326 e. The molecular formula is C10H18N2O5. The molecule has 5 N–H and O–H groups in total. The lowest BCUT2D eigenvalue weighted by Crippen LogP contribution is -2.47. The van der Waals surface area contributed by atoms with Crippen molar-refractivity contribution in [3.63, 3.8) is 0 Å². The molecule has 0 aliphatic carbocycles. The van der Waals surface area contributed by atoms with Gasteiger partial charge in [-0.15, -0.1) is 0 Å². The van der Waals surface area contributed by atoms with Gasteiger partial charge in [-0.3, -0.25) is 9.59 Å². The van der Waals surface area contributed by atoms with E-state index in [-0.39, 0.29) is 12.8 Å². The molecular weight excluding hydrogens is 228 g/mol. The Hall–Kier alpha value is -1.63. The molecule has 1 amide bonds. The Morgan fingerprint density at radius 2 is 1.82 bits per heavy atom. The van der Waals surface area contributed by atoms with Crippen molar-refractivity contribution in [2.45, 2.75) is 44.7 Å². The van der Waals surface area contributed by atoms with Crippen molar-refractivity contribution in [3.05, 3.63) is 0 Å². The molecule has 0 spiro atoms. The lowest BCUT2D eigenvalue weighted by Gasteiger charge is -2.15. The van der Waals surface area contributed by atoms with Gasteiger partial charge in [-0.1, -0.05) is 6.42 Å². The lowest BCUT2D eigenvalue weighted by atomic mass is 10.1. The monoisotopic (exact) mass is 246 g/mol. The van der Waals surface area contributed by atoms with Gasteiger partial charge in [-0.2, -0.15) is 0 Å². The third-order valence-electron chi connectivity index (χ3n) is 2.16. The van der Waals surface area contributed by atoms with Crippen molar-refractivity contribution in [1.29, 1.82) is 0 Å². The predicted octanol–water partition coefficient (Wildman–Crippen LogP) is -0.452. The minimum atomic E-state index is -1.14. The summed E-state index contributed by atoms with van der Waals surface area (Å²) in [6, 6.07) is -1.78. The molecule has 0 aromatic heterocycles. The number of hydrogen-bond donors (Lipinski definition) is 4. The normalized spacial score (nSPS) is 13.8. The molecule has 0 aromatic rings. The number of hydrogen-bond acceptors (Lipinski definition) is 4. The van der Waals surface area contributed by atoms with Crippen molar-refractivity contribution in [2.24, 2.45) is 5.73 Å². The zero-order chi connectivity index (χ0) is 13.4. The average Bonchev–Trinajstić information content (AvgIpc) is 2.21. The molecule has 7 nitrogen and oxygen atoms in total. The van der Waals surface area contributed by atoms with E-state index >= 15 is 0 Å². The summed E-state index contributed by atoms with van der Waals surface area (Å²) in [4.78, 5) is 32.3. The minimum Gasteiger partial charge on any atom is -0.481 e. The number of amides is 1. The van der Waals surface area contributed by atoms with Crippen LogP contribution in [0.2, 0.25) is 0 Å². The number of nitrogens with one attached hydrogen (secondary N) is 1. The first kappa shape index (κ1) is 15.4. The highest BCUT2D eigenvalue weighted by atomic mass is 16.4. The number of carbonyl (C=O) groups excluding carboxylic acids is 1. The fourth-order valence-electron chi connectivity index (χ4n) is 1.19. The Balaban J connectivity index is 4.04. The van der Waals surface area contributed by atoms with Gasteiger partial charge < -0.3 is 21.3 Å². The molecule has 0 radical (unpaired) electrons. The fraction of sp³-hybridized carbons (Fsp3) is 0.700. The number of carbonyl (C=O) groups is 3. The molecule has 0 saturated heterocycles. The lowest BCUT2D eigenvalue weighted by molar-refractivity contribution is -0.142. The molecule has 0 bridgehead atoms. The van der Waals surface area contributed by atoms with Gasteiger partial charge in [-0.05, 0) is 19.8 Å². The highest BCUT2D eigenvalue weighted by molar-refractivity contribution is 5.86. The van der Waals surface area contributed by atoms with Crippen LogP contribution >= 0.6 is 0 Å². The highest BCUT2D eigenvalue weighted by Crippen LogP contribution is 2.04. The molecule has 17 heavy (non-hydrogen) atoms. The van der Waals surface area contributed by atoms with Crippen LogP contribution in [0.15, 0.2) is 0 Å². The summed E-state index contributed by atoms with van der Waals surface area (Å²) < 4.78 is 0. The van der Waals surface area contributed by atoms with Gasteiger partial charge in [0, 0.05) is 6.42 Å². The summed E-state index contributed by atoms with van der Waals surface area (Å²) in [6.45, 7) is 1.46. The van der Waals surface area contributed by atoms with Gasteiger partial charge >= 0.3 is 11.9 Å². The molecule has 2 unspecified atom stereocenters. The molecule has 0 aliphatic rings. The molecule has 0 rings (SSSR count). The Morgan fingerprint density at radius 3 is 2.24 bits per heavy atom. The van der Waals surface area contributed by atoms with Crippen LogP contribution < -0.4 is 11.1 Å². The van der Waals surface area contributed by atoms with Crippen LogP contribution in [-0.4, -0.2) is 40.1 Å². The van der Waals surface area contributed by atoms with Crippen molar-refractivity contribution in [1.82, 2.24) is 5.32 Å². The van der Waals surface area contributed by atoms with E-state index in [2.05, 4.69) is 5.32 Å². The highest BCUT2D eigenvalue weighted by Gasteiger charge is 2.20. The van der Waals surface area contributed by atoms with Gasteiger partial charge in [0.1, 0.15) is 6.04 Å². The second kappa shape index (κ2) is 7.61. The first-order valence-electron chi connectivity index (χ1n) is 5.35. The van der Waals surface area contributed by atoms with Gasteiger partial charge in [0.2, 0.25) is 5.91 Å². The zero-order valence-electron chi connectivity index (χ0n) is 9.68. The van der Waals surface area contributed by atoms with Gasteiger partial charge in [0.05, 0.1) is 6.04 Å². The molecule has 0 heterocycles. The Bertz CT molecular complexity index is 290. The first-order valence-corrected chi connectivity index (χ1v) is 5.35. The molecule has 0 aliphatic heterocycles. The Labute approximate surface area is 99.0 Å². The second-order valence-electron chi connectivity index (χ2n) is 3.83. The van der Waals surface area contributed by atoms with E-state index < -0.39 is 29.9 Å². The van der Waals surface area contributed by atoms with Crippen LogP contribution in [0.4, 0.5) is 0 Å². The van der Waals surface area contributed by atoms with Gasteiger partial charge in [-0.25, -0.2) is 4.79 Å². The summed E-state index contributed by atoms with van der Waals surface area (Å²) >= 11 is 0. The van der Waals surface area contributed by atoms with Crippen LogP contribution in [-0.2, 0) is 14.4 Å². The zero-order valence-corrected chi connectivity index (χ0v) is 9.68. The SMILES string of the molecule is CC(N)C(=O)NC(CCCCC(=O)O)C(=O)O. The summed E-state index contributed by atoms with van der Waals surface area (Å²) in [6.07, 6.45) is 0.990. The topological polar surface area (TPSA) is 130 Å². The van der Waals surface area contributed by atoms with Crippen LogP contribution in [0.5, 0.6) is 0 Å². The maximum absolute atomic E-state index is 11.2. The third kappa shape index (κ3) is 7.29. The Kier molecular flexibility index (Phi) is 6.88. The number of aliphatic carboxylic acids is 2. The quantitative estimate of drug-likeness (QED) is 0.429. The van der Waals surface area contributed by atoms with Crippen molar-refractivity contribution in [2.75, 3.05) is 0 Å². The fourth-order valence-corrected chi connectivity index (χ4v) is 1.19. The van der Waals surface area contributed by atoms with Crippen molar-refractivity contribution in [3.8, 4) is 0 Å². The molecule has 7 heteroatoms. The largest absolute Gasteiger partial charge is 0.481 e. The summed E-state index contributed by atoms with van der Waals surface area (Å²) in [5, 5.41) is 19.5. The molecule has 0 aromatic carbocycles. The van der Waals surface area contributed by atoms with Gasteiger partial charge in [0.15, 0.2) is 0 Å². The summed E-state index contributed by atoms with van der Waals surface area (Å²) in [5.74, 6) is -2.60. The van der Waals surface area contributed by atoms with E-state index in [0.717, 1.165) is 0 Å². The maximum Gasteiger partial charge on any atom is 0.326 e. The first-order chi connectivity index (χ1) is 7.84. The van der Waals surface area contributed by atoms with E-state index in [1.165, 1.54) is 6.92 Å². The second-order valence-corrected chi connectivity index (χ2v) is 3.83. The molecule has 0 saturated carbocycles.